The van der Waals surface area contributed by atoms with Gasteiger partial charge in [0.2, 0.25) is 0 Å². The van der Waals surface area contributed by atoms with Gasteiger partial charge in [-0.25, -0.2) is 4.98 Å². The quantitative estimate of drug-likeness (QED) is 0.656. The number of H-pyrrole nitrogens is 1. The molecular formula is C8H13N3O. The topological polar surface area (TPSA) is 71.8 Å². The van der Waals surface area contributed by atoms with Crippen LogP contribution in [0.2, 0.25) is 0 Å². The summed E-state index contributed by atoms with van der Waals surface area (Å²) in [5.41, 5.74) is 6.03. The minimum atomic E-state index is -0.0923. The lowest BCUT2D eigenvalue weighted by molar-refractivity contribution is 0.843. The molecule has 0 radical (unpaired) electrons. The summed E-state index contributed by atoms with van der Waals surface area (Å²) < 4.78 is 0. The number of nitrogens with zero attached hydrogens (tertiary/aromatic N) is 1. The molecule has 4 nitrogen and oxygen atoms in total. The molecule has 4 heteroatoms. The summed E-state index contributed by atoms with van der Waals surface area (Å²) in [5.74, 6) is 0.728. The fourth-order valence-electron chi connectivity index (χ4n) is 1.01. The number of rotatable bonds is 3. The molecule has 12 heavy (non-hydrogen) atoms. The first-order valence-electron chi connectivity index (χ1n) is 4.05. The van der Waals surface area contributed by atoms with E-state index < -0.39 is 0 Å². The number of aromatic amines is 1. The third-order valence-electron chi connectivity index (χ3n) is 1.58. The molecule has 3 N–H and O–H groups in total. The second-order valence-electron chi connectivity index (χ2n) is 2.58. The zero-order valence-corrected chi connectivity index (χ0v) is 7.13. The van der Waals surface area contributed by atoms with Crippen molar-refractivity contribution in [3.8, 4) is 0 Å². The van der Waals surface area contributed by atoms with Crippen LogP contribution in [0.4, 0.5) is 0 Å². The Bertz CT molecular complexity index is 305. The van der Waals surface area contributed by atoms with Crippen molar-refractivity contribution in [3.05, 3.63) is 27.9 Å². The number of aryl methyl sites for hydroxylation is 1. The largest absolute Gasteiger partial charge is 0.330 e. The van der Waals surface area contributed by atoms with E-state index in [-0.39, 0.29) is 5.56 Å². The molecule has 66 valence electrons. The molecule has 0 unspecified atom stereocenters. The Hall–Kier alpha value is -1.16. The van der Waals surface area contributed by atoms with Gasteiger partial charge in [0, 0.05) is 24.6 Å². The fourth-order valence-corrected chi connectivity index (χ4v) is 1.01. The Kier molecular flexibility index (Phi) is 2.99. The molecule has 0 saturated carbocycles. The minimum Gasteiger partial charge on any atom is -0.330 e. The first-order chi connectivity index (χ1) is 5.76. The van der Waals surface area contributed by atoms with Crippen LogP contribution in [0.5, 0.6) is 0 Å². The number of hydrogen-bond acceptors (Lipinski definition) is 3. The highest BCUT2D eigenvalue weighted by molar-refractivity contribution is 5.03. The lowest BCUT2D eigenvalue weighted by Gasteiger charge is -1.99. The van der Waals surface area contributed by atoms with Gasteiger partial charge < -0.3 is 10.7 Å². The summed E-state index contributed by atoms with van der Waals surface area (Å²) in [5, 5.41) is 0. The smallest absolute Gasteiger partial charge is 0.251 e. The third-order valence-corrected chi connectivity index (χ3v) is 1.58. The Morgan fingerprint density at radius 3 is 3.00 bits per heavy atom. The summed E-state index contributed by atoms with van der Waals surface area (Å²) in [6, 6.07) is 1.49. The first kappa shape index (κ1) is 8.93. The van der Waals surface area contributed by atoms with E-state index in [2.05, 4.69) is 9.97 Å². The molecule has 0 atom stereocenters. The maximum Gasteiger partial charge on any atom is 0.251 e. The van der Waals surface area contributed by atoms with Gasteiger partial charge in [-0.1, -0.05) is 6.92 Å². The lowest BCUT2D eigenvalue weighted by Crippen LogP contribution is -2.14. The third kappa shape index (κ3) is 2.17. The van der Waals surface area contributed by atoms with Crippen LogP contribution in [0.15, 0.2) is 10.9 Å². The van der Waals surface area contributed by atoms with Gasteiger partial charge in [-0.3, -0.25) is 4.79 Å². The zero-order valence-electron chi connectivity index (χ0n) is 7.13. The average Bonchev–Trinajstić information content (AvgIpc) is 2.04. The molecule has 0 fully saturated rings. The number of hydrogen-bond donors (Lipinski definition) is 2. The molecule has 0 bridgehead atoms. The van der Waals surface area contributed by atoms with Crippen LogP contribution < -0.4 is 11.3 Å². The summed E-state index contributed by atoms with van der Waals surface area (Å²) in [7, 11) is 0. The minimum absolute atomic E-state index is 0.0923. The van der Waals surface area contributed by atoms with Gasteiger partial charge >= 0.3 is 0 Å². The van der Waals surface area contributed by atoms with E-state index in [0.717, 1.165) is 17.9 Å². The maximum absolute atomic E-state index is 11.0. The van der Waals surface area contributed by atoms with Crippen LogP contribution in [0.25, 0.3) is 0 Å². The van der Waals surface area contributed by atoms with E-state index in [9.17, 15) is 4.79 Å². The van der Waals surface area contributed by atoms with Gasteiger partial charge in [-0.05, 0) is 6.54 Å². The van der Waals surface area contributed by atoms with Crippen molar-refractivity contribution in [3.63, 3.8) is 0 Å². The maximum atomic E-state index is 11.0. The predicted octanol–water partition coefficient (Wildman–Crippen LogP) is -0.167. The number of nitrogens with two attached hydrogens (primary N) is 1. The molecule has 0 aliphatic rings. The molecule has 0 spiro atoms. The molecule has 0 aromatic carbocycles. The Morgan fingerprint density at radius 1 is 1.67 bits per heavy atom. The van der Waals surface area contributed by atoms with Gasteiger partial charge in [0.1, 0.15) is 5.82 Å². The standard InChI is InChI=1S/C8H13N3O/c1-2-7-10-6(3-4-9)5-8(12)11-7/h5H,2-4,9H2,1H3,(H,10,11,12). The van der Waals surface area contributed by atoms with Crippen LogP contribution in [-0.2, 0) is 12.8 Å². The highest BCUT2D eigenvalue weighted by atomic mass is 16.1. The summed E-state index contributed by atoms with van der Waals surface area (Å²) >= 11 is 0. The summed E-state index contributed by atoms with van der Waals surface area (Å²) in [6.45, 7) is 2.48. The normalized spacial score (nSPS) is 10.2. The van der Waals surface area contributed by atoms with Crippen LogP contribution in [-0.4, -0.2) is 16.5 Å². The number of nitrogens with one attached hydrogen (secondary N) is 1. The molecule has 0 saturated heterocycles. The highest BCUT2D eigenvalue weighted by Gasteiger charge is 1.97. The summed E-state index contributed by atoms with van der Waals surface area (Å²) in [4.78, 5) is 17.9. The molecule has 1 rings (SSSR count). The fraction of sp³-hybridized carbons (Fsp3) is 0.500. The first-order valence-corrected chi connectivity index (χ1v) is 4.05. The van der Waals surface area contributed by atoms with Crippen molar-refractivity contribution in [2.75, 3.05) is 6.54 Å². The molecule has 0 aliphatic carbocycles. The van der Waals surface area contributed by atoms with Gasteiger partial charge in [-0.2, -0.15) is 0 Å². The van der Waals surface area contributed by atoms with Crippen molar-refractivity contribution < 1.29 is 0 Å². The van der Waals surface area contributed by atoms with Crippen molar-refractivity contribution >= 4 is 0 Å². The van der Waals surface area contributed by atoms with Crippen molar-refractivity contribution in [2.45, 2.75) is 19.8 Å². The Balaban J connectivity index is 2.98. The van der Waals surface area contributed by atoms with E-state index in [1.54, 1.807) is 0 Å². The highest BCUT2D eigenvalue weighted by Crippen LogP contribution is 1.92. The second-order valence-corrected chi connectivity index (χ2v) is 2.58. The molecule has 1 aromatic heterocycles. The van der Waals surface area contributed by atoms with Gasteiger partial charge in [0.25, 0.3) is 5.56 Å². The van der Waals surface area contributed by atoms with Crippen molar-refractivity contribution in [1.29, 1.82) is 0 Å². The van der Waals surface area contributed by atoms with Gasteiger partial charge in [0.05, 0.1) is 0 Å². The van der Waals surface area contributed by atoms with Crippen LogP contribution in [0.1, 0.15) is 18.4 Å². The Labute approximate surface area is 70.8 Å². The average molecular weight is 167 g/mol. The van der Waals surface area contributed by atoms with E-state index in [1.807, 2.05) is 6.92 Å². The van der Waals surface area contributed by atoms with Crippen molar-refractivity contribution in [1.82, 2.24) is 9.97 Å². The van der Waals surface area contributed by atoms with Crippen LogP contribution in [0, 0.1) is 0 Å². The molecule has 1 aromatic rings. The van der Waals surface area contributed by atoms with Crippen LogP contribution >= 0.6 is 0 Å². The molecule has 0 amide bonds. The van der Waals surface area contributed by atoms with Gasteiger partial charge in [-0.15, -0.1) is 0 Å². The van der Waals surface area contributed by atoms with E-state index in [1.165, 1.54) is 6.07 Å². The van der Waals surface area contributed by atoms with E-state index >= 15 is 0 Å². The second kappa shape index (κ2) is 4.01. The van der Waals surface area contributed by atoms with E-state index in [0.29, 0.717) is 13.0 Å². The molecule has 1 heterocycles. The van der Waals surface area contributed by atoms with Crippen molar-refractivity contribution in [2.24, 2.45) is 5.73 Å². The number of aromatic nitrogens is 2. The molecular weight excluding hydrogens is 154 g/mol. The van der Waals surface area contributed by atoms with E-state index in [4.69, 9.17) is 5.73 Å². The summed E-state index contributed by atoms with van der Waals surface area (Å²) in [6.07, 6.45) is 1.41. The lowest BCUT2D eigenvalue weighted by atomic mass is 10.3. The zero-order chi connectivity index (χ0) is 8.97. The predicted molar refractivity (Wildman–Crippen MR) is 47.0 cm³/mol. The van der Waals surface area contributed by atoms with Gasteiger partial charge in [0.15, 0.2) is 0 Å². The SMILES string of the molecule is CCc1nc(CCN)cc(=O)[nH]1. The van der Waals surface area contributed by atoms with Crippen LogP contribution in [0.3, 0.4) is 0 Å². The Morgan fingerprint density at radius 2 is 2.42 bits per heavy atom. The monoisotopic (exact) mass is 167 g/mol. The molecule has 0 aliphatic heterocycles.